The zero-order chi connectivity index (χ0) is 13.7. The zero-order valence-corrected chi connectivity index (χ0v) is 11.4. The Kier molecular flexibility index (Phi) is 4.70. The summed E-state index contributed by atoms with van der Waals surface area (Å²) in [5.74, 6) is 0.892. The Balaban J connectivity index is 1.94. The molecule has 0 aromatic heterocycles. The Morgan fingerprint density at radius 2 is 2.16 bits per heavy atom. The number of carbonyl (C=O) groups is 1. The van der Waals surface area contributed by atoms with E-state index in [2.05, 4.69) is 17.9 Å². The molecule has 0 bridgehead atoms. The number of piperidine rings is 1. The van der Waals surface area contributed by atoms with Gasteiger partial charge in [0.25, 0.3) is 0 Å². The van der Waals surface area contributed by atoms with Crippen LogP contribution in [0.1, 0.15) is 42.1 Å². The van der Waals surface area contributed by atoms with Gasteiger partial charge in [0.15, 0.2) is 5.78 Å². The lowest BCUT2D eigenvalue weighted by Gasteiger charge is -2.31. The summed E-state index contributed by atoms with van der Waals surface area (Å²) >= 11 is 0. The number of hydrogen-bond acceptors (Lipinski definition) is 3. The number of likely N-dealkylation sites (tertiary alicyclic amines) is 1. The molecule has 3 heteroatoms. The standard InChI is InChI=1S/C16H20N2O/c1-2-13-4-3-9-18(11-13)12-16(19)15-7-5-14(10-17)6-8-15/h5-8,13H,2-4,9,11-12H2,1H3. The Morgan fingerprint density at radius 1 is 1.42 bits per heavy atom. The van der Waals surface area contributed by atoms with Crippen LogP contribution >= 0.6 is 0 Å². The zero-order valence-electron chi connectivity index (χ0n) is 11.4. The molecule has 3 nitrogen and oxygen atoms in total. The van der Waals surface area contributed by atoms with E-state index in [1.54, 1.807) is 24.3 Å². The van der Waals surface area contributed by atoms with Crippen molar-refractivity contribution in [3.63, 3.8) is 0 Å². The fraction of sp³-hybridized carbons (Fsp3) is 0.500. The SMILES string of the molecule is CCC1CCCN(CC(=O)c2ccc(C#N)cc2)C1. The second-order valence-electron chi connectivity index (χ2n) is 5.26. The highest BCUT2D eigenvalue weighted by atomic mass is 16.1. The van der Waals surface area contributed by atoms with Crippen molar-refractivity contribution in [2.24, 2.45) is 5.92 Å². The van der Waals surface area contributed by atoms with Crippen molar-refractivity contribution in [3.05, 3.63) is 35.4 Å². The highest BCUT2D eigenvalue weighted by molar-refractivity contribution is 5.97. The van der Waals surface area contributed by atoms with Crippen molar-refractivity contribution < 1.29 is 4.79 Å². The maximum atomic E-state index is 12.2. The number of nitriles is 1. The van der Waals surface area contributed by atoms with Crippen molar-refractivity contribution in [3.8, 4) is 6.07 Å². The third-order valence-corrected chi connectivity index (χ3v) is 3.88. The molecule has 1 aliphatic rings. The average Bonchev–Trinajstić information content (AvgIpc) is 2.47. The average molecular weight is 256 g/mol. The maximum Gasteiger partial charge on any atom is 0.176 e. The number of Topliss-reactive ketones (excluding diaryl/α,β-unsaturated/α-hetero) is 1. The Morgan fingerprint density at radius 3 is 2.79 bits per heavy atom. The summed E-state index contributed by atoms with van der Waals surface area (Å²) in [6.07, 6.45) is 3.68. The minimum atomic E-state index is 0.154. The first-order valence-electron chi connectivity index (χ1n) is 6.98. The van der Waals surface area contributed by atoms with Gasteiger partial charge in [0, 0.05) is 12.1 Å². The molecule has 0 amide bonds. The van der Waals surface area contributed by atoms with Gasteiger partial charge in [0.2, 0.25) is 0 Å². The summed E-state index contributed by atoms with van der Waals surface area (Å²) < 4.78 is 0. The molecule has 19 heavy (non-hydrogen) atoms. The predicted octanol–water partition coefficient (Wildman–Crippen LogP) is 2.86. The van der Waals surface area contributed by atoms with Gasteiger partial charge >= 0.3 is 0 Å². The predicted molar refractivity (Wildman–Crippen MR) is 74.9 cm³/mol. The van der Waals surface area contributed by atoms with E-state index >= 15 is 0 Å². The van der Waals surface area contributed by atoms with Crippen LogP contribution in [0.2, 0.25) is 0 Å². The molecule has 1 aromatic carbocycles. The van der Waals surface area contributed by atoms with Crippen molar-refractivity contribution in [1.29, 1.82) is 5.26 Å². The molecular weight excluding hydrogens is 236 g/mol. The monoisotopic (exact) mass is 256 g/mol. The molecule has 100 valence electrons. The van der Waals surface area contributed by atoms with E-state index in [-0.39, 0.29) is 5.78 Å². The summed E-state index contributed by atoms with van der Waals surface area (Å²) in [4.78, 5) is 14.4. The lowest BCUT2D eigenvalue weighted by atomic mass is 9.95. The quantitative estimate of drug-likeness (QED) is 0.778. The normalized spacial score (nSPS) is 19.9. The molecule has 0 spiro atoms. The number of hydrogen-bond donors (Lipinski definition) is 0. The Bertz CT molecular complexity index is 473. The topological polar surface area (TPSA) is 44.1 Å². The third-order valence-electron chi connectivity index (χ3n) is 3.88. The van der Waals surface area contributed by atoms with Gasteiger partial charge < -0.3 is 0 Å². The third kappa shape index (κ3) is 3.65. The van der Waals surface area contributed by atoms with E-state index in [0.717, 1.165) is 19.0 Å². The second kappa shape index (κ2) is 6.49. The molecule has 1 aromatic rings. The first-order valence-corrected chi connectivity index (χ1v) is 6.98. The number of carbonyl (C=O) groups excluding carboxylic acids is 1. The highest BCUT2D eigenvalue weighted by Gasteiger charge is 2.20. The van der Waals surface area contributed by atoms with E-state index in [4.69, 9.17) is 5.26 Å². The second-order valence-corrected chi connectivity index (χ2v) is 5.26. The van der Waals surface area contributed by atoms with Gasteiger partial charge in [-0.05, 0) is 37.4 Å². The van der Waals surface area contributed by atoms with Gasteiger partial charge in [0.1, 0.15) is 0 Å². The van der Waals surface area contributed by atoms with Gasteiger partial charge in [-0.2, -0.15) is 5.26 Å². The molecule has 1 atom stereocenters. The number of ketones is 1. The van der Waals surface area contributed by atoms with E-state index in [1.165, 1.54) is 19.3 Å². The van der Waals surface area contributed by atoms with E-state index < -0.39 is 0 Å². The minimum absolute atomic E-state index is 0.154. The van der Waals surface area contributed by atoms with Gasteiger partial charge in [-0.1, -0.05) is 25.5 Å². The maximum absolute atomic E-state index is 12.2. The number of rotatable bonds is 4. The molecule has 0 radical (unpaired) electrons. The van der Waals surface area contributed by atoms with Crippen LogP contribution in [0.25, 0.3) is 0 Å². The van der Waals surface area contributed by atoms with Gasteiger partial charge in [-0.25, -0.2) is 0 Å². The minimum Gasteiger partial charge on any atom is -0.296 e. The molecule has 1 unspecified atom stereocenters. The van der Waals surface area contributed by atoms with Crippen LogP contribution in [0.5, 0.6) is 0 Å². The lowest BCUT2D eigenvalue weighted by Crippen LogP contribution is -2.38. The van der Waals surface area contributed by atoms with Gasteiger partial charge in [-0.15, -0.1) is 0 Å². The molecular formula is C16H20N2O. The fourth-order valence-electron chi connectivity index (χ4n) is 2.65. The van der Waals surface area contributed by atoms with Crippen LogP contribution in [-0.4, -0.2) is 30.3 Å². The van der Waals surface area contributed by atoms with Crippen LogP contribution in [0, 0.1) is 17.2 Å². The van der Waals surface area contributed by atoms with Gasteiger partial charge in [0.05, 0.1) is 18.2 Å². The summed E-state index contributed by atoms with van der Waals surface area (Å²) in [5, 5.41) is 8.74. The molecule has 2 rings (SSSR count). The first-order chi connectivity index (χ1) is 9.22. The lowest BCUT2D eigenvalue weighted by molar-refractivity contribution is 0.0884. The molecule has 1 fully saturated rings. The van der Waals surface area contributed by atoms with E-state index in [1.807, 2.05) is 0 Å². The van der Waals surface area contributed by atoms with Crippen molar-refractivity contribution >= 4 is 5.78 Å². The first kappa shape index (κ1) is 13.8. The summed E-state index contributed by atoms with van der Waals surface area (Å²) in [6.45, 7) is 4.79. The van der Waals surface area contributed by atoms with Crippen LogP contribution < -0.4 is 0 Å². The van der Waals surface area contributed by atoms with Crippen molar-refractivity contribution in [2.45, 2.75) is 26.2 Å². The molecule has 1 aliphatic heterocycles. The number of nitrogens with zero attached hydrogens (tertiary/aromatic N) is 2. The van der Waals surface area contributed by atoms with Crippen LogP contribution in [-0.2, 0) is 0 Å². The summed E-state index contributed by atoms with van der Waals surface area (Å²) in [6, 6.07) is 8.98. The van der Waals surface area contributed by atoms with Crippen LogP contribution in [0.4, 0.5) is 0 Å². The van der Waals surface area contributed by atoms with E-state index in [9.17, 15) is 4.79 Å². The van der Waals surface area contributed by atoms with Crippen LogP contribution in [0.15, 0.2) is 24.3 Å². The molecule has 0 aliphatic carbocycles. The Hall–Kier alpha value is -1.66. The van der Waals surface area contributed by atoms with Gasteiger partial charge in [-0.3, -0.25) is 9.69 Å². The van der Waals surface area contributed by atoms with E-state index in [0.29, 0.717) is 17.7 Å². The Labute approximate surface area is 114 Å². The molecule has 0 N–H and O–H groups in total. The largest absolute Gasteiger partial charge is 0.296 e. The highest BCUT2D eigenvalue weighted by Crippen LogP contribution is 2.19. The summed E-state index contributed by atoms with van der Waals surface area (Å²) in [7, 11) is 0. The number of benzene rings is 1. The molecule has 1 saturated heterocycles. The van der Waals surface area contributed by atoms with Crippen molar-refractivity contribution in [1.82, 2.24) is 4.90 Å². The fourth-order valence-corrected chi connectivity index (χ4v) is 2.65. The molecule has 1 heterocycles. The smallest absolute Gasteiger partial charge is 0.176 e. The summed E-state index contributed by atoms with van der Waals surface area (Å²) in [5.41, 5.74) is 1.30. The van der Waals surface area contributed by atoms with Crippen molar-refractivity contribution in [2.75, 3.05) is 19.6 Å². The van der Waals surface area contributed by atoms with Crippen LogP contribution in [0.3, 0.4) is 0 Å². The molecule has 0 saturated carbocycles.